The highest BCUT2D eigenvalue weighted by atomic mass is 19.1. The Bertz CT molecular complexity index is 324. The number of halogens is 1. The maximum atomic E-state index is 12.6. The van der Waals surface area contributed by atoms with Crippen molar-refractivity contribution in [3.8, 4) is 0 Å². The van der Waals surface area contributed by atoms with E-state index < -0.39 is 12.8 Å². The SMILES string of the molecule is Cc1ccc(C(=O)NCC(F)CO)cc1. The molecule has 0 bridgehead atoms. The molecular weight excluding hydrogens is 197 g/mol. The van der Waals surface area contributed by atoms with Gasteiger partial charge < -0.3 is 10.4 Å². The zero-order valence-corrected chi connectivity index (χ0v) is 8.53. The van der Waals surface area contributed by atoms with Crippen molar-refractivity contribution in [1.29, 1.82) is 0 Å². The van der Waals surface area contributed by atoms with E-state index in [0.717, 1.165) is 5.56 Å². The van der Waals surface area contributed by atoms with E-state index in [1.54, 1.807) is 12.1 Å². The lowest BCUT2D eigenvalue weighted by molar-refractivity contribution is 0.0928. The number of carbonyl (C=O) groups is 1. The van der Waals surface area contributed by atoms with Crippen LogP contribution in [0.4, 0.5) is 4.39 Å². The summed E-state index contributed by atoms with van der Waals surface area (Å²) in [4.78, 5) is 11.4. The zero-order valence-electron chi connectivity index (χ0n) is 8.53. The summed E-state index contributed by atoms with van der Waals surface area (Å²) in [5, 5.41) is 10.8. The van der Waals surface area contributed by atoms with E-state index in [2.05, 4.69) is 5.32 Å². The molecule has 1 amide bonds. The number of benzene rings is 1. The Hall–Kier alpha value is -1.42. The average Bonchev–Trinajstić information content (AvgIpc) is 2.26. The van der Waals surface area contributed by atoms with Gasteiger partial charge in [0, 0.05) is 5.56 Å². The van der Waals surface area contributed by atoms with Crippen molar-refractivity contribution in [2.45, 2.75) is 13.1 Å². The van der Waals surface area contributed by atoms with Gasteiger partial charge in [-0.2, -0.15) is 0 Å². The largest absolute Gasteiger partial charge is 0.393 e. The zero-order chi connectivity index (χ0) is 11.3. The summed E-state index contributed by atoms with van der Waals surface area (Å²) >= 11 is 0. The molecule has 4 heteroatoms. The average molecular weight is 211 g/mol. The minimum Gasteiger partial charge on any atom is -0.393 e. The molecular formula is C11H14FNO2. The number of nitrogens with one attached hydrogen (secondary N) is 1. The Morgan fingerprint density at radius 3 is 2.60 bits per heavy atom. The first-order valence-corrected chi connectivity index (χ1v) is 4.73. The molecule has 0 fully saturated rings. The fourth-order valence-corrected chi connectivity index (χ4v) is 1.07. The third kappa shape index (κ3) is 3.67. The highest BCUT2D eigenvalue weighted by molar-refractivity contribution is 5.94. The highest BCUT2D eigenvalue weighted by Crippen LogP contribution is 2.02. The molecule has 1 aromatic carbocycles. The van der Waals surface area contributed by atoms with E-state index in [1.807, 2.05) is 19.1 Å². The Morgan fingerprint density at radius 1 is 1.47 bits per heavy atom. The Kier molecular flexibility index (Phi) is 4.24. The molecule has 1 rings (SSSR count). The first-order valence-electron chi connectivity index (χ1n) is 4.73. The van der Waals surface area contributed by atoms with Crippen LogP contribution in [-0.4, -0.2) is 30.3 Å². The van der Waals surface area contributed by atoms with E-state index >= 15 is 0 Å². The predicted molar refractivity (Wildman–Crippen MR) is 55.5 cm³/mol. The van der Waals surface area contributed by atoms with E-state index in [0.29, 0.717) is 5.56 Å². The number of amides is 1. The van der Waals surface area contributed by atoms with Crippen LogP contribution in [0.1, 0.15) is 15.9 Å². The van der Waals surface area contributed by atoms with Gasteiger partial charge >= 0.3 is 0 Å². The van der Waals surface area contributed by atoms with Gasteiger partial charge in [0.2, 0.25) is 0 Å². The van der Waals surface area contributed by atoms with Gasteiger partial charge in [0.1, 0.15) is 6.17 Å². The van der Waals surface area contributed by atoms with E-state index in [4.69, 9.17) is 5.11 Å². The van der Waals surface area contributed by atoms with E-state index in [9.17, 15) is 9.18 Å². The smallest absolute Gasteiger partial charge is 0.251 e. The summed E-state index contributed by atoms with van der Waals surface area (Å²) in [7, 11) is 0. The van der Waals surface area contributed by atoms with Crippen molar-refractivity contribution in [3.05, 3.63) is 35.4 Å². The predicted octanol–water partition coefficient (Wildman–Crippen LogP) is 1.06. The number of aryl methyl sites for hydroxylation is 1. The van der Waals surface area contributed by atoms with E-state index in [-0.39, 0.29) is 12.5 Å². The van der Waals surface area contributed by atoms with Crippen LogP contribution in [0.2, 0.25) is 0 Å². The van der Waals surface area contributed by atoms with Gasteiger partial charge in [-0.3, -0.25) is 4.79 Å². The number of rotatable bonds is 4. The maximum absolute atomic E-state index is 12.6. The van der Waals surface area contributed by atoms with Gasteiger partial charge in [-0.1, -0.05) is 17.7 Å². The molecule has 0 aromatic heterocycles. The van der Waals surface area contributed by atoms with Crippen molar-refractivity contribution in [2.24, 2.45) is 0 Å². The maximum Gasteiger partial charge on any atom is 0.251 e. The number of aliphatic hydroxyl groups excluding tert-OH is 1. The molecule has 1 atom stereocenters. The third-order valence-electron chi connectivity index (χ3n) is 2.00. The first kappa shape index (κ1) is 11.7. The molecule has 0 aliphatic heterocycles. The molecule has 3 nitrogen and oxygen atoms in total. The summed E-state index contributed by atoms with van der Waals surface area (Å²) in [5.41, 5.74) is 1.55. The van der Waals surface area contributed by atoms with Crippen LogP contribution in [0.25, 0.3) is 0 Å². The molecule has 82 valence electrons. The second-order valence-electron chi connectivity index (χ2n) is 3.36. The van der Waals surface area contributed by atoms with Crippen LogP contribution < -0.4 is 5.32 Å². The van der Waals surface area contributed by atoms with Gasteiger partial charge in [0.25, 0.3) is 5.91 Å². The van der Waals surface area contributed by atoms with Gasteiger partial charge in [0.05, 0.1) is 13.2 Å². The summed E-state index contributed by atoms with van der Waals surface area (Å²) in [5.74, 6) is -0.328. The number of alkyl halides is 1. The number of hydrogen-bond acceptors (Lipinski definition) is 2. The molecule has 1 aromatic rings. The summed E-state index contributed by atoms with van der Waals surface area (Å²) in [6, 6.07) is 6.98. The molecule has 0 heterocycles. The quantitative estimate of drug-likeness (QED) is 0.782. The number of hydrogen-bond donors (Lipinski definition) is 2. The molecule has 0 saturated heterocycles. The van der Waals surface area contributed by atoms with Crippen molar-refractivity contribution >= 4 is 5.91 Å². The summed E-state index contributed by atoms with van der Waals surface area (Å²) < 4.78 is 12.6. The van der Waals surface area contributed by atoms with Crippen LogP contribution >= 0.6 is 0 Å². The molecule has 15 heavy (non-hydrogen) atoms. The summed E-state index contributed by atoms with van der Waals surface area (Å²) in [6.07, 6.45) is -1.40. The number of carbonyl (C=O) groups excluding carboxylic acids is 1. The fourth-order valence-electron chi connectivity index (χ4n) is 1.07. The van der Waals surface area contributed by atoms with Crippen LogP contribution in [0.3, 0.4) is 0 Å². The lowest BCUT2D eigenvalue weighted by Gasteiger charge is -2.07. The monoisotopic (exact) mass is 211 g/mol. The second kappa shape index (κ2) is 5.46. The molecule has 2 N–H and O–H groups in total. The Morgan fingerprint density at radius 2 is 2.07 bits per heavy atom. The normalized spacial score (nSPS) is 12.2. The molecule has 0 radical (unpaired) electrons. The molecule has 1 unspecified atom stereocenters. The standard InChI is InChI=1S/C11H14FNO2/c1-8-2-4-9(5-3-8)11(15)13-6-10(12)7-14/h2-5,10,14H,6-7H2,1H3,(H,13,15). The molecule has 0 aliphatic carbocycles. The number of aliphatic hydroxyl groups is 1. The lowest BCUT2D eigenvalue weighted by atomic mass is 10.1. The topological polar surface area (TPSA) is 49.3 Å². The lowest BCUT2D eigenvalue weighted by Crippen LogP contribution is -2.31. The second-order valence-corrected chi connectivity index (χ2v) is 3.36. The van der Waals surface area contributed by atoms with Gasteiger partial charge in [0.15, 0.2) is 0 Å². The van der Waals surface area contributed by atoms with Crippen LogP contribution in [-0.2, 0) is 0 Å². The molecule has 0 spiro atoms. The molecule has 0 aliphatic rings. The first-order chi connectivity index (χ1) is 7.13. The third-order valence-corrected chi connectivity index (χ3v) is 2.00. The molecule has 0 saturated carbocycles. The van der Waals surface area contributed by atoms with Crippen molar-refractivity contribution in [3.63, 3.8) is 0 Å². The van der Waals surface area contributed by atoms with E-state index in [1.165, 1.54) is 0 Å². The fraction of sp³-hybridized carbons (Fsp3) is 0.364. The Labute approximate surface area is 87.9 Å². The van der Waals surface area contributed by atoms with Crippen molar-refractivity contribution in [1.82, 2.24) is 5.32 Å². The van der Waals surface area contributed by atoms with Crippen LogP contribution in [0.15, 0.2) is 24.3 Å². The van der Waals surface area contributed by atoms with Crippen molar-refractivity contribution in [2.75, 3.05) is 13.2 Å². The van der Waals surface area contributed by atoms with Crippen molar-refractivity contribution < 1.29 is 14.3 Å². The van der Waals surface area contributed by atoms with Gasteiger partial charge in [-0.05, 0) is 19.1 Å². The van der Waals surface area contributed by atoms with Crippen LogP contribution in [0.5, 0.6) is 0 Å². The minimum absolute atomic E-state index is 0.163. The van der Waals surface area contributed by atoms with Gasteiger partial charge in [-0.25, -0.2) is 4.39 Å². The highest BCUT2D eigenvalue weighted by Gasteiger charge is 2.08. The van der Waals surface area contributed by atoms with Crippen LogP contribution in [0, 0.1) is 6.92 Å². The summed E-state index contributed by atoms with van der Waals surface area (Å²) in [6.45, 7) is 1.18. The Balaban J connectivity index is 2.50. The van der Waals surface area contributed by atoms with Gasteiger partial charge in [-0.15, -0.1) is 0 Å². The minimum atomic E-state index is -1.40.